The highest BCUT2D eigenvalue weighted by Gasteiger charge is 2.20. The highest BCUT2D eigenvalue weighted by Crippen LogP contribution is 2.15. The van der Waals surface area contributed by atoms with E-state index in [1.807, 2.05) is 0 Å². The summed E-state index contributed by atoms with van der Waals surface area (Å²) >= 11 is 3.14. The Hall–Kier alpha value is -0.940. The van der Waals surface area contributed by atoms with Crippen LogP contribution in [0.25, 0.3) is 0 Å². The SMILES string of the molecule is O=C(NCC1COC1)c1ccc(Br)cc1F. The minimum absolute atomic E-state index is 0.0726. The van der Waals surface area contributed by atoms with Gasteiger partial charge in [0.1, 0.15) is 5.82 Å². The van der Waals surface area contributed by atoms with Crippen molar-refractivity contribution in [3.05, 3.63) is 34.1 Å². The molecular formula is C11H11BrFNO2. The topological polar surface area (TPSA) is 38.3 Å². The molecule has 0 atom stereocenters. The van der Waals surface area contributed by atoms with E-state index in [2.05, 4.69) is 21.2 Å². The van der Waals surface area contributed by atoms with Crippen LogP contribution in [0.2, 0.25) is 0 Å². The zero-order valence-electron chi connectivity index (χ0n) is 8.50. The lowest BCUT2D eigenvalue weighted by molar-refractivity contribution is -0.0298. The summed E-state index contributed by atoms with van der Waals surface area (Å²) in [6, 6.07) is 4.39. The molecule has 1 amide bonds. The molecule has 0 saturated carbocycles. The summed E-state index contributed by atoms with van der Waals surface area (Å²) in [6.45, 7) is 1.88. The molecule has 0 bridgehead atoms. The van der Waals surface area contributed by atoms with Crippen LogP contribution in [0.3, 0.4) is 0 Å². The van der Waals surface area contributed by atoms with E-state index in [4.69, 9.17) is 4.74 Å². The first-order valence-corrected chi connectivity index (χ1v) is 5.77. The molecule has 5 heteroatoms. The Morgan fingerprint density at radius 2 is 2.31 bits per heavy atom. The molecule has 0 aliphatic carbocycles. The first-order chi connectivity index (χ1) is 7.66. The molecule has 2 rings (SSSR count). The second kappa shape index (κ2) is 4.93. The minimum Gasteiger partial charge on any atom is -0.381 e. The third-order valence-electron chi connectivity index (χ3n) is 2.43. The van der Waals surface area contributed by atoms with E-state index in [-0.39, 0.29) is 11.5 Å². The fourth-order valence-corrected chi connectivity index (χ4v) is 1.74. The number of nitrogens with one attached hydrogen (secondary N) is 1. The first-order valence-electron chi connectivity index (χ1n) is 4.98. The maximum atomic E-state index is 13.4. The highest BCUT2D eigenvalue weighted by atomic mass is 79.9. The molecule has 1 aliphatic rings. The summed E-state index contributed by atoms with van der Waals surface area (Å²) in [5, 5.41) is 2.69. The van der Waals surface area contributed by atoms with Gasteiger partial charge in [0.05, 0.1) is 18.8 Å². The van der Waals surface area contributed by atoms with Gasteiger partial charge in [-0.05, 0) is 18.2 Å². The fraction of sp³-hybridized carbons (Fsp3) is 0.364. The number of amides is 1. The molecule has 0 radical (unpaired) electrons. The van der Waals surface area contributed by atoms with Crippen LogP contribution in [-0.4, -0.2) is 25.7 Å². The van der Waals surface area contributed by atoms with Gasteiger partial charge in [0.15, 0.2) is 0 Å². The molecule has 16 heavy (non-hydrogen) atoms. The standard InChI is InChI=1S/C11H11BrFNO2/c12-8-1-2-9(10(13)3-8)11(15)14-4-7-5-16-6-7/h1-3,7H,4-6H2,(H,14,15). The summed E-state index contributed by atoms with van der Waals surface area (Å²) < 4.78 is 19.0. The monoisotopic (exact) mass is 287 g/mol. The molecule has 1 N–H and O–H groups in total. The van der Waals surface area contributed by atoms with Crippen LogP contribution in [0.15, 0.2) is 22.7 Å². The molecule has 1 saturated heterocycles. The predicted octanol–water partition coefficient (Wildman–Crippen LogP) is 1.96. The number of ether oxygens (including phenoxy) is 1. The van der Waals surface area contributed by atoms with Gasteiger partial charge in [-0.1, -0.05) is 15.9 Å². The quantitative estimate of drug-likeness (QED) is 0.923. The van der Waals surface area contributed by atoms with E-state index in [1.165, 1.54) is 12.1 Å². The number of carbonyl (C=O) groups excluding carboxylic acids is 1. The number of benzene rings is 1. The van der Waals surface area contributed by atoms with E-state index >= 15 is 0 Å². The van der Waals surface area contributed by atoms with Gasteiger partial charge in [-0.15, -0.1) is 0 Å². The van der Waals surface area contributed by atoms with Gasteiger partial charge in [-0.25, -0.2) is 4.39 Å². The maximum Gasteiger partial charge on any atom is 0.254 e. The lowest BCUT2D eigenvalue weighted by atomic mass is 10.1. The van der Waals surface area contributed by atoms with Crippen LogP contribution >= 0.6 is 15.9 Å². The lowest BCUT2D eigenvalue weighted by Crippen LogP contribution is -2.39. The summed E-state index contributed by atoms with van der Waals surface area (Å²) in [5.41, 5.74) is 0.0726. The Bertz CT molecular complexity index is 407. The molecular weight excluding hydrogens is 277 g/mol. The van der Waals surface area contributed by atoms with Gasteiger partial charge >= 0.3 is 0 Å². The second-order valence-corrected chi connectivity index (χ2v) is 4.65. The smallest absolute Gasteiger partial charge is 0.254 e. The average Bonchev–Trinajstić information content (AvgIpc) is 2.14. The summed E-state index contributed by atoms with van der Waals surface area (Å²) in [4.78, 5) is 11.6. The van der Waals surface area contributed by atoms with Gasteiger partial charge in [-0.3, -0.25) is 4.79 Å². The van der Waals surface area contributed by atoms with E-state index in [0.29, 0.717) is 30.1 Å². The van der Waals surface area contributed by atoms with E-state index in [1.54, 1.807) is 6.07 Å². The van der Waals surface area contributed by atoms with Crippen molar-refractivity contribution in [1.82, 2.24) is 5.32 Å². The number of rotatable bonds is 3. The van der Waals surface area contributed by atoms with Crippen LogP contribution < -0.4 is 5.32 Å². The van der Waals surface area contributed by atoms with Crippen LogP contribution in [0, 0.1) is 11.7 Å². The van der Waals surface area contributed by atoms with Crippen LogP contribution in [0.1, 0.15) is 10.4 Å². The molecule has 0 spiro atoms. The Balaban J connectivity index is 1.96. The van der Waals surface area contributed by atoms with Crippen LogP contribution in [0.5, 0.6) is 0 Å². The Kier molecular flexibility index (Phi) is 3.56. The van der Waals surface area contributed by atoms with Crippen molar-refractivity contribution in [1.29, 1.82) is 0 Å². The van der Waals surface area contributed by atoms with Gasteiger partial charge in [-0.2, -0.15) is 0 Å². The lowest BCUT2D eigenvalue weighted by Gasteiger charge is -2.25. The van der Waals surface area contributed by atoms with Gasteiger partial charge < -0.3 is 10.1 Å². The number of halogens is 2. The largest absolute Gasteiger partial charge is 0.381 e. The van der Waals surface area contributed by atoms with Crippen LogP contribution in [0.4, 0.5) is 4.39 Å². The van der Waals surface area contributed by atoms with E-state index in [9.17, 15) is 9.18 Å². The molecule has 0 aromatic heterocycles. The molecule has 1 aromatic carbocycles. The molecule has 0 unspecified atom stereocenters. The summed E-state index contributed by atoms with van der Waals surface area (Å²) in [7, 11) is 0. The van der Waals surface area contributed by atoms with Gasteiger partial charge in [0.2, 0.25) is 0 Å². The summed E-state index contributed by atoms with van der Waals surface area (Å²) in [5.74, 6) is -0.531. The molecule has 1 heterocycles. The van der Waals surface area contributed by atoms with Crippen molar-refractivity contribution in [2.45, 2.75) is 0 Å². The number of hydrogen-bond acceptors (Lipinski definition) is 2. The van der Waals surface area contributed by atoms with Gasteiger partial charge in [0, 0.05) is 16.9 Å². The third-order valence-corrected chi connectivity index (χ3v) is 2.93. The third kappa shape index (κ3) is 2.59. The normalized spacial score (nSPS) is 15.6. The van der Waals surface area contributed by atoms with Crippen molar-refractivity contribution in [2.24, 2.45) is 5.92 Å². The van der Waals surface area contributed by atoms with Crippen molar-refractivity contribution >= 4 is 21.8 Å². The molecule has 3 nitrogen and oxygen atoms in total. The molecule has 1 aromatic rings. The zero-order valence-corrected chi connectivity index (χ0v) is 10.1. The van der Waals surface area contributed by atoms with E-state index < -0.39 is 5.82 Å². The number of hydrogen-bond donors (Lipinski definition) is 1. The second-order valence-electron chi connectivity index (χ2n) is 3.74. The van der Waals surface area contributed by atoms with E-state index in [0.717, 1.165) is 0 Å². The van der Waals surface area contributed by atoms with Crippen molar-refractivity contribution < 1.29 is 13.9 Å². The van der Waals surface area contributed by atoms with Gasteiger partial charge in [0.25, 0.3) is 5.91 Å². The van der Waals surface area contributed by atoms with Crippen LogP contribution in [-0.2, 0) is 4.74 Å². The Morgan fingerprint density at radius 1 is 1.56 bits per heavy atom. The van der Waals surface area contributed by atoms with Crippen molar-refractivity contribution in [3.8, 4) is 0 Å². The highest BCUT2D eigenvalue weighted by molar-refractivity contribution is 9.10. The van der Waals surface area contributed by atoms with Crippen molar-refractivity contribution in [3.63, 3.8) is 0 Å². The Morgan fingerprint density at radius 3 is 2.88 bits per heavy atom. The predicted molar refractivity (Wildman–Crippen MR) is 60.7 cm³/mol. The first kappa shape index (κ1) is 11.5. The average molecular weight is 288 g/mol. The Labute approximate surface area is 101 Å². The maximum absolute atomic E-state index is 13.4. The molecule has 86 valence electrons. The van der Waals surface area contributed by atoms with Crippen molar-refractivity contribution in [2.75, 3.05) is 19.8 Å². The summed E-state index contributed by atoms with van der Waals surface area (Å²) in [6.07, 6.45) is 0. The molecule has 1 aliphatic heterocycles. The number of carbonyl (C=O) groups is 1. The zero-order chi connectivity index (χ0) is 11.5. The molecule has 1 fully saturated rings. The minimum atomic E-state index is -0.517. The fourth-order valence-electron chi connectivity index (χ4n) is 1.41.